The van der Waals surface area contributed by atoms with Crippen molar-refractivity contribution in [1.29, 1.82) is 5.26 Å². The quantitative estimate of drug-likeness (QED) is 0.511. The van der Waals surface area contributed by atoms with E-state index in [1.165, 1.54) is 11.3 Å². The second-order valence-electron chi connectivity index (χ2n) is 2.94. The van der Waals surface area contributed by atoms with Crippen molar-refractivity contribution >= 4 is 34.3 Å². The third-order valence-electron chi connectivity index (χ3n) is 2.12. The van der Waals surface area contributed by atoms with E-state index >= 15 is 0 Å². The summed E-state index contributed by atoms with van der Waals surface area (Å²) in [5.41, 5.74) is 1.04. The maximum Gasteiger partial charge on any atom is 0.266 e. The highest BCUT2D eigenvalue weighted by Gasteiger charge is 2.29. The first-order valence-corrected chi connectivity index (χ1v) is 5.20. The van der Waals surface area contributed by atoms with E-state index in [1.54, 1.807) is 12.1 Å². The van der Waals surface area contributed by atoms with E-state index in [-0.39, 0.29) is 17.9 Å². The molecule has 1 aromatic rings. The summed E-state index contributed by atoms with van der Waals surface area (Å²) in [5, 5.41) is 8.74. The average molecular weight is 235 g/mol. The number of Topliss-reactive ketones (excluding diaryl/α,β-unsaturated/α-hetero) is 1. The van der Waals surface area contributed by atoms with Crippen LogP contribution in [0.5, 0.6) is 0 Å². The van der Waals surface area contributed by atoms with Gasteiger partial charge in [-0.05, 0) is 11.6 Å². The number of nitriles is 1. The van der Waals surface area contributed by atoms with Crippen LogP contribution in [-0.4, -0.2) is 5.78 Å². The summed E-state index contributed by atoms with van der Waals surface area (Å²) in [6, 6.07) is 3.39. The molecule has 1 aliphatic carbocycles. The summed E-state index contributed by atoms with van der Waals surface area (Å²) in [6.07, 6.45) is 0.142. The molecule has 15 heavy (non-hydrogen) atoms. The highest BCUT2D eigenvalue weighted by molar-refractivity contribution is 7.17. The summed E-state index contributed by atoms with van der Waals surface area (Å²) in [7, 11) is 0. The Kier molecular flexibility index (Phi) is 2.32. The van der Waals surface area contributed by atoms with Gasteiger partial charge >= 0.3 is 0 Å². The van der Waals surface area contributed by atoms with Crippen molar-refractivity contribution in [3.63, 3.8) is 0 Å². The number of hydrogen-bond donors (Lipinski definition) is 0. The van der Waals surface area contributed by atoms with E-state index in [2.05, 4.69) is 4.85 Å². The van der Waals surface area contributed by atoms with Crippen molar-refractivity contribution in [2.75, 3.05) is 0 Å². The van der Waals surface area contributed by atoms with Gasteiger partial charge in [-0.15, -0.1) is 11.3 Å². The molecule has 0 atom stereocenters. The number of hydrogen-bond acceptors (Lipinski definition) is 3. The molecule has 2 rings (SSSR count). The lowest BCUT2D eigenvalue weighted by Gasteiger charge is -1.93. The Balaban J connectivity index is 2.70. The number of fused-ring (bicyclic) bond motifs is 1. The summed E-state index contributed by atoms with van der Waals surface area (Å²) >= 11 is 7.02. The molecule has 0 saturated carbocycles. The fourth-order valence-electron chi connectivity index (χ4n) is 1.48. The summed E-state index contributed by atoms with van der Waals surface area (Å²) in [5.74, 6) is -0.0699. The molecule has 0 spiro atoms. The first kappa shape index (κ1) is 9.92. The molecular formula is C10H3ClN2OS. The lowest BCUT2D eigenvalue weighted by Crippen LogP contribution is -1.87. The maximum atomic E-state index is 11.5. The Bertz CT molecular complexity index is 555. The van der Waals surface area contributed by atoms with Gasteiger partial charge in [-0.2, -0.15) is 0 Å². The first-order valence-electron chi connectivity index (χ1n) is 4.01. The Morgan fingerprint density at radius 1 is 1.73 bits per heavy atom. The van der Waals surface area contributed by atoms with Crippen LogP contribution in [0.4, 0.5) is 0 Å². The van der Waals surface area contributed by atoms with E-state index in [4.69, 9.17) is 23.4 Å². The molecule has 1 aromatic heterocycles. The molecule has 0 radical (unpaired) electrons. The second kappa shape index (κ2) is 3.51. The number of halogens is 1. The van der Waals surface area contributed by atoms with Gasteiger partial charge in [0.15, 0.2) is 5.78 Å². The van der Waals surface area contributed by atoms with E-state index in [9.17, 15) is 4.79 Å². The highest BCUT2D eigenvalue weighted by atomic mass is 35.5. The number of rotatable bonds is 0. The standard InChI is InChI=1S/C10H3ClN2OS/c1-13-7(4-12)5-2-8(14)6-3-9(11)15-10(5)6/h3H,2H2/b7-5+. The van der Waals surface area contributed by atoms with Crippen LogP contribution in [0, 0.1) is 17.9 Å². The molecule has 0 amide bonds. The average Bonchev–Trinajstić information content (AvgIpc) is 2.70. The molecule has 72 valence electrons. The Morgan fingerprint density at radius 2 is 2.47 bits per heavy atom. The third kappa shape index (κ3) is 1.45. The smallest absolute Gasteiger partial charge is 0.266 e. The molecule has 0 bridgehead atoms. The van der Waals surface area contributed by atoms with E-state index in [0.29, 0.717) is 20.4 Å². The molecule has 1 heterocycles. The minimum absolute atomic E-state index is 0.0133. The topological polar surface area (TPSA) is 45.2 Å². The zero-order valence-electron chi connectivity index (χ0n) is 7.37. The van der Waals surface area contributed by atoms with Crippen molar-refractivity contribution in [2.45, 2.75) is 6.42 Å². The van der Waals surface area contributed by atoms with Crippen LogP contribution in [0.25, 0.3) is 10.4 Å². The van der Waals surface area contributed by atoms with Crippen LogP contribution in [0.15, 0.2) is 11.8 Å². The van der Waals surface area contributed by atoms with Crippen LogP contribution >= 0.6 is 22.9 Å². The maximum absolute atomic E-state index is 11.5. The Labute approximate surface area is 95.0 Å². The summed E-state index contributed by atoms with van der Waals surface area (Å²) < 4.78 is 0.507. The molecule has 0 aromatic carbocycles. The molecule has 3 nitrogen and oxygen atoms in total. The molecule has 0 fully saturated rings. The third-order valence-corrected chi connectivity index (χ3v) is 3.44. The van der Waals surface area contributed by atoms with Crippen LogP contribution in [-0.2, 0) is 0 Å². The fraction of sp³-hybridized carbons (Fsp3) is 0.100. The van der Waals surface area contributed by atoms with Gasteiger partial charge in [0.2, 0.25) is 0 Å². The van der Waals surface area contributed by atoms with Gasteiger partial charge in [0, 0.05) is 16.9 Å². The van der Waals surface area contributed by atoms with Crippen LogP contribution < -0.4 is 0 Å². The molecule has 0 saturated heterocycles. The summed E-state index contributed by atoms with van der Waals surface area (Å²) in [4.78, 5) is 15.3. The number of carbonyl (C=O) groups excluding carboxylic acids is 1. The van der Waals surface area contributed by atoms with Gasteiger partial charge in [-0.25, -0.2) is 10.1 Å². The SMILES string of the molecule is [C-]#[N+]/C(C#N)=C1\CC(=O)c2cc(Cl)sc21. The monoisotopic (exact) mass is 234 g/mol. The normalized spacial score (nSPS) is 16.9. The minimum atomic E-state index is -0.0699. The van der Waals surface area contributed by atoms with Crippen LogP contribution in [0.1, 0.15) is 21.7 Å². The predicted molar refractivity (Wildman–Crippen MR) is 57.4 cm³/mol. The van der Waals surface area contributed by atoms with E-state index in [1.807, 2.05) is 0 Å². The Hall–Kier alpha value is -1.62. The molecule has 0 aliphatic heterocycles. The van der Waals surface area contributed by atoms with E-state index < -0.39 is 0 Å². The highest BCUT2D eigenvalue weighted by Crippen LogP contribution is 2.42. The zero-order valence-corrected chi connectivity index (χ0v) is 8.95. The van der Waals surface area contributed by atoms with Crippen molar-refractivity contribution in [3.8, 4) is 6.07 Å². The number of carbonyl (C=O) groups is 1. The van der Waals surface area contributed by atoms with Crippen LogP contribution in [0.3, 0.4) is 0 Å². The minimum Gasteiger partial charge on any atom is -0.294 e. The van der Waals surface area contributed by atoms with Crippen LogP contribution in [0.2, 0.25) is 4.34 Å². The van der Waals surface area contributed by atoms with Gasteiger partial charge in [0.05, 0.1) is 17.0 Å². The van der Waals surface area contributed by atoms with Gasteiger partial charge in [0.25, 0.3) is 5.70 Å². The van der Waals surface area contributed by atoms with Crippen molar-refractivity contribution in [2.24, 2.45) is 0 Å². The molecule has 5 heteroatoms. The van der Waals surface area contributed by atoms with E-state index in [0.717, 1.165) is 0 Å². The summed E-state index contributed by atoms with van der Waals surface area (Å²) in [6.45, 7) is 6.84. The zero-order chi connectivity index (χ0) is 11.0. The fourth-order valence-corrected chi connectivity index (χ4v) is 2.77. The number of nitrogens with zero attached hydrogens (tertiary/aromatic N) is 2. The van der Waals surface area contributed by atoms with Gasteiger partial charge < -0.3 is 0 Å². The van der Waals surface area contributed by atoms with Crippen molar-refractivity contribution < 1.29 is 4.79 Å². The lowest BCUT2D eigenvalue weighted by atomic mass is 10.2. The van der Waals surface area contributed by atoms with Gasteiger partial charge in [-0.1, -0.05) is 11.6 Å². The van der Waals surface area contributed by atoms with Gasteiger partial charge in [0.1, 0.15) is 0 Å². The van der Waals surface area contributed by atoms with Crippen molar-refractivity contribution in [3.05, 3.63) is 38.0 Å². The number of thiophene rings is 1. The first-order chi connectivity index (χ1) is 7.17. The molecular weight excluding hydrogens is 232 g/mol. The predicted octanol–water partition coefficient (Wildman–Crippen LogP) is 3.14. The molecule has 1 aliphatic rings. The second-order valence-corrected chi connectivity index (χ2v) is 4.63. The van der Waals surface area contributed by atoms with Gasteiger partial charge in [-0.3, -0.25) is 4.79 Å². The Morgan fingerprint density at radius 3 is 3.07 bits per heavy atom. The number of allylic oxidation sites excluding steroid dienone is 2. The molecule has 0 unspecified atom stereocenters. The van der Waals surface area contributed by atoms with Crippen molar-refractivity contribution in [1.82, 2.24) is 0 Å². The molecule has 0 N–H and O–H groups in total. The lowest BCUT2D eigenvalue weighted by molar-refractivity contribution is 0.100. The largest absolute Gasteiger partial charge is 0.294 e. The number of ketones is 1.